The van der Waals surface area contributed by atoms with E-state index in [4.69, 9.17) is 0 Å². The molecule has 16 heavy (non-hydrogen) atoms. The maximum absolute atomic E-state index is 11.5. The molecular formula is C10H11NO4S. The number of carbonyl (C=O) groups excluding carboxylic acids is 2. The Balaban J connectivity index is 3.29. The SMILES string of the molecule is CC(=O)C(=O)N(c1ccccc1)S(C)(=O)=O. The average molecular weight is 241 g/mol. The highest BCUT2D eigenvalue weighted by Gasteiger charge is 2.27. The number of nitrogens with zero attached hydrogens (tertiary/aromatic N) is 1. The molecule has 0 aromatic heterocycles. The van der Waals surface area contributed by atoms with E-state index in [0.29, 0.717) is 4.31 Å². The smallest absolute Gasteiger partial charge is 0.289 e. The fourth-order valence-corrected chi connectivity index (χ4v) is 2.10. The third-order valence-electron chi connectivity index (χ3n) is 1.81. The summed E-state index contributed by atoms with van der Waals surface area (Å²) in [6, 6.07) is 7.74. The lowest BCUT2D eigenvalue weighted by Gasteiger charge is -2.18. The number of benzene rings is 1. The fourth-order valence-electron chi connectivity index (χ4n) is 1.17. The Morgan fingerprint density at radius 1 is 1.12 bits per heavy atom. The van der Waals surface area contributed by atoms with Crippen LogP contribution in [0.1, 0.15) is 6.92 Å². The lowest BCUT2D eigenvalue weighted by atomic mass is 10.3. The molecule has 0 aliphatic carbocycles. The average Bonchev–Trinajstić information content (AvgIpc) is 2.17. The van der Waals surface area contributed by atoms with E-state index in [1.54, 1.807) is 18.2 Å². The van der Waals surface area contributed by atoms with Crippen molar-refractivity contribution in [3.8, 4) is 0 Å². The minimum Gasteiger partial charge on any atom is -0.289 e. The molecule has 5 nitrogen and oxygen atoms in total. The Morgan fingerprint density at radius 2 is 1.62 bits per heavy atom. The van der Waals surface area contributed by atoms with Crippen LogP contribution in [-0.2, 0) is 19.6 Å². The molecule has 1 amide bonds. The van der Waals surface area contributed by atoms with Gasteiger partial charge in [-0.25, -0.2) is 12.7 Å². The molecule has 0 spiro atoms. The Morgan fingerprint density at radius 3 is 2.00 bits per heavy atom. The van der Waals surface area contributed by atoms with Gasteiger partial charge in [0.1, 0.15) is 0 Å². The molecule has 0 aliphatic rings. The van der Waals surface area contributed by atoms with Gasteiger partial charge >= 0.3 is 5.91 Å². The molecule has 1 aromatic rings. The van der Waals surface area contributed by atoms with Crippen LogP contribution in [0.15, 0.2) is 30.3 Å². The monoisotopic (exact) mass is 241 g/mol. The van der Waals surface area contributed by atoms with Gasteiger partial charge in [-0.05, 0) is 12.1 Å². The van der Waals surface area contributed by atoms with Crippen molar-refractivity contribution in [3.05, 3.63) is 30.3 Å². The second-order valence-electron chi connectivity index (χ2n) is 3.22. The van der Waals surface area contributed by atoms with Crippen molar-refractivity contribution in [1.82, 2.24) is 0 Å². The zero-order valence-electron chi connectivity index (χ0n) is 8.88. The van der Waals surface area contributed by atoms with Crippen LogP contribution in [0.5, 0.6) is 0 Å². The number of ketones is 1. The lowest BCUT2D eigenvalue weighted by Crippen LogP contribution is -2.39. The third kappa shape index (κ3) is 2.66. The van der Waals surface area contributed by atoms with Gasteiger partial charge in [-0.1, -0.05) is 18.2 Å². The second-order valence-corrected chi connectivity index (χ2v) is 5.06. The summed E-state index contributed by atoms with van der Waals surface area (Å²) in [6.07, 6.45) is 0.876. The molecule has 0 unspecified atom stereocenters. The van der Waals surface area contributed by atoms with Gasteiger partial charge in [0, 0.05) is 6.92 Å². The maximum atomic E-state index is 11.5. The van der Waals surface area contributed by atoms with Crippen molar-refractivity contribution >= 4 is 27.4 Å². The van der Waals surface area contributed by atoms with E-state index in [9.17, 15) is 18.0 Å². The van der Waals surface area contributed by atoms with Crippen molar-refractivity contribution in [1.29, 1.82) is 0 Å². The van der Waals surface area contributed by atoms with Gasteiger partial charge in [-0.3, -0.25) is 9.59 Å². The highest BCUT2D eigenvalue weighted by molar-refractivity contribution is 7.93. The van der Waals surface area contributed by atoms with Crippen molar-refractivity contribution in [2.24, 2.45) is 0 Å². The summed E-state index contributed by atoms with van der Waals surface area (Å²) in [4.78, 5) is 22.4. The predicted octanol–water partition coefficient (Wildman–Crippen LogP) is 0.568. The van der Waals surface area contributed by atoms with E-state index in [-0.39, 0.29) is 5.69 Å². The zero-order chi connectivity index (χ0) is 12.3. The Labute approximate surface area is 93.7 Å². The molecule has 0 N–H and O–H groups in total. The first-order valence-electron chi connectivity index (χ1n) is 4.44. The molecule has 0 radical (unpaired) electrons. The standard InChI is InChI=1S/C10H11NO4S/c1-8(12)10(13)11(16(2,14)15)9-6-4-3-5-7-9/h3-7H,1-2H3. The summed E-state index contributed by atoms with van der Waals surface area (Å²) in [7, 11) is -3.80. The molecule has 0 atom stereocenters. The number of carbonyl (C=O) groups is 2. The van der Waals surface area contributed by atoms with Crippen LogP contribution < -0.4 is 4.31 Å². The molecular weight excluding hydrogens is 230 g/mol. The molecule has 6 heteroatoms. The quantitative estimate of drug-likeness (QED) is 0.725. The van der Waals surface area contributed by atoms with Crippen molar-refractivity contribution in [3.63, 3.8) is 0 Å². The normalized spacial score (nSPS) is 10.9. The van der Waals surface area contributed by atoms with Crippen molar-refractivity contribution in [2.75, 3.05) is 10.6 Å². The van der Waals surface area contributed by atoms with E-state index >= 15 is 0 Å². The third-order valence-corrected chi connectivity index (χ3v) is 2.85. The number of anilines is 1. The summed E-state index contributed by atoms with van der Waals surface area (Å²) >= 11 is 0. The van der Waals surface area contributed by atoms with E-state index in [2.05, 4.69) is 0 Å². The van der Waals surface area contributed by atoms with Gasteiger partial charge in [-0.15, -0.1) is 0 Å². The van der Waals surface area contributed by atoms with Crippen molar-refractivity contribution in [2.45, 2.75) is 6.92 Å². The first-order chi connectivity index (χ1) is 7.34. The summed E-state index contributed by atoms with van der Waals surface area (Å²) < 4.78 is 23.4. The molecule has 0 saturated carbocycles. The second kappa shape index (κ2) is 4.44. The Kier molecular flexibility index (Phi) is 3.44. The highest BCUT2D eigenvalue weighted by Crippen LogP contribution is 2.16. The molecule has 0 fully saturated rings. The number of hydrogen-bond acceptors (Lipinski definition) is 4. The first-order valence-corrected chi connectivity index (χ1v) is 6.29. The van der Waals surface area contributed by atoms with Crippen LogP contribution in [0.4, 0.5) is 5.69 Å². The van der Waals surface area contributed by atoms with Gasteiger partial charge in [0.25, 0.3) is 0 Å². The number of amides is 1. The maximum Gasteiger partial charge on any atom is 0.307 e. The number of Topliss-reactive ketones (excluding diaryl/α,β-unsaturated/α-hetero) is 1. The predicted molar refractivity (Wildman–Crippen MR) is 59.5 cm³/mol. The Hall–Kier alpha value is -1.69. The van der Waals surface area contributed by atoms with Gasteiger partial charge in [-0.2, -0.15) is 0 Å². The molecule has 86 valence electrons. The van der Waals surface area contributed by atoms with Gasteiger partial charge in [0.05, 0.1) is 11.9 Å². The van der Waals surface area contributed by atoms with E-state index in [0.717, 1.165) is 13.2 Å². The van der Waals surface area contributed by atoms with Gasteiger partial charge in [0.2, 0.25) is 15.8 Å². The molecule has 0 saturated heterocycles. The minimum absolute atomic E-state index is 0.158. The van der Waals surface area contributed by atoms with Crippen LogP contribution in [0.2, 0.25) is 0 Å². The number of hydrogen-bond donors (Lipinski definition) is 0. The summed E-state index contributed by atoms with van der Waals surface area (Å²) in [5, 5.41) is 0. The van der Waals surface area contributed by atoms with Crippen LogP contribution >= 0.6 is 0 Å². The Bertz CT molecular complexity index is 507. The van der Waals surface area contributed by atoms with E-state index in [1.807, 2.05) is 0 Å². The number of sulfonamides is 1. The molecule has 1 rings (SSSR count). The topological polar surface area (TPSA) is 71.5 Å². The highest BCUT2D eigenvalue weighted by atomic mass is 32.2. The van der Waals surface area contributed by atoms with Crippen molar-refractivity contribution < 1.29 is 18.0 Å². The van der Waals surface area contributed by atoms with Crippen LogP contribution in [0.3, 0.4) is 0 Å². The lowest BCUT2D eigenvalue weighted by molar-refractivity contribution is -0.134. The molecule has 0 heterocycles. The van der Waals surface area contributed by atoms with Crippen LogP contribution in [-0.4, -0.2) is 26.4 Å². The molecule has 0 aliphatic heterocycles. The van der Waals surface area contributed by atoms with E-state index < -0.39 is 21.7 Å². The number of para-hydroxylation sites is 1. The number of rotatable bonds is 3. The minimum atomic E-state index is -3.80. The van der Waals surface area contributed by atoms with Gasteiger partial charge < -0.3 is 0 Å². The first kappa shape index (κ1) is 12.4. The zero-order valence-corrected chi connectivity index (χ0v) is 9.69. The molecule has 0 bridgehead atoms. The summed E-state index contributed by atoms with van der Waals surface area (Å²) in [6.45, 7) is 1.03. The van der Waals surface area contributed by atoms with Crippen LogP contribution in [0, 0.1) is 0 Å². The van der Waals surface area contributed by atoms with E-state index in [1.165, 1.54) is 12.1 Å². The summed E-state index contributed by atoms with van der Waals surface area (Å²) in [5.41, 5.74) is 0.158. The largest absolute Gasteiger partial charge is 0.307 e. The molecule has 1 aromatic carbocycles. The fraction of sp³-hybridized carbons (Fsp3) is 0.200. The van der Waals surface area contributed by atoms with Crippen LogP contribution in [0.25, 0.3) is 0 Å². The summed E-state index contributed by atoms with van der Waals surface area (Å²) in [5.74, 6) is -1.89. The van der Waals surface area contributed by atoms with Gasteiger partial charge in [0.15, 0.2) is 0 Å².